The highest BCUT2D eigenvalue weighted by atomic mass is 32.1. The number of aromatic nitrogens is 1. The minimum absolute atomic E-state index is 0.000593. The number of carboxylic acids is 1. The Morgan fingerprint density at radius 3 is 2.71 bits per heavy atom. The molecule has 17 heavy (non-hydrogen) atoms. The molecule has 0 aliphatic heterocycles. The SMILES string of the molecule is N#Cc1ccc(Nc2scnc2C(=O)O)cc1. The Kier molecular flexibility index (Phi) is 3.03. The Labute approximate surface area is 101 Å². The first kappa shape index (κ1) is 11.1. The van der Waals surface area contributed by atoms with Crippen LogP contribution in [-0.4, -0.2) is 16.1 Å². The number of hydrogen-bond acceptors (Lipinski definition) is 5. The van der Waals surface area contributed by atoms with Gasteiger partial charge in [-0.2, -0.15) is 5.26 Å². The maximum absolute atomic E-state index is 10.8. The van der Waals surface area contributed by atoms with Crippen LogP contribution in [0.25, 0.3) is 0 Å². The van der Waals surface area contributed by atoms with Gasteiger partial charge in [0.2, 0.25) is 0 Å². The second-order valence-electron chi connectivity index (χ2n) is 3.15. The van der Waals surface area contributed by atoms with Crippen LogP contribution < -0.4 is 5.32 Å². The van der Waals surface area contributed by atoms with Gasteiger partial charge in [0.15, 0.2) is 5.69 Å². The van der Waals surface area contributed by atoms with Crippen molar-refractivity contribution < 1.29 is 9.90 Å². The number of nitrogens with one attached hydrogen (secondary N) is 1. The Bertz CT molecular complexity index is 584. The molecule has 1 aromatic heterocycles. The average molecular weight is 245 g/mol. The summed E-state index contributed by atoms with van der Waals surface area (Å²) in [6, 6.07) is 8.75. The zero-order valence-corrected chi connectivity index (χ0v) is 9.36. The van der Waals surface area contributed by atoms with E-state index in [0.717, 1.165) is 5.69 Å². The van der Waals surface area contributed by atoms with Gasteiger partial charge in [0.1, 0.15) is 5.00 Å². The molecule has 1 aromatic carbocycles. The van der Waals surface area contributed by atoms with Crippen molar-refractivity contribution in [3.8, 4) is 6.07 Å². The standard InChI is InChI=1S/C11H7N3O2S/c12-5-7-1-3-8(4-2-7)14-10-9(11(15)16)13-6-17-10/h1-4,6,14H,(H,15,16). The summed E-state index contributed by atoms with van der Waals surface area (Å²) in [6.07, 6.45) is 0. The van der Waals surface area contributed by atoms with E-state index in [9.17, 15) is 4.79 Å². The molecule has 6 heteroatoms. The van der Waals surface area contributed by atoms with Crippen LogP contribution in [0.4, 0.5) is 10.7 Å². The van der Waals surface area contributed by atoms with Gasteiger partial charge in [-0.25, -0.2) is 9.78 Å². The van der Waals surface area contributed by atoms with Crippen LogP contribution in [0.3, 0.4) is 0 Å². The van der Waals surface area contributed by atoms with Crippen LogP contribution in [0.2, 0.25) is 0 Å². The Morgan fingerprint density at radius 1 is 1.41 bits per heavy atom. The highest BCUT2D eigenvalue weighted by molar-refractivity contribution is 7.14. The zero-order chi connectivity index (χ0) is 12.3. The first-order chi connectivity index (χ1) is 8.20. The van der Waals surface area contributed by atoms with E-state index in [1.165, 1.54) is 16.8 Å². The normalized spacial score (nSPS) is 9.59. The number of hydrogen-bond donors (Lipinski definition) is 2. The van der Waals surface area contributed by atoms with Gasteiger partial charge in [0.05, 0.1) is 17.1 Å². The predicted octanol–water partition coefficient (Wildman–Crippen LogP) is 2.46. The zero-order valence-electron chi connectivity index (χ0n) is 8.54. The minimum Gasteiger partial charge on any atom is -0.476 e. The second-order valence-corrected chi connectivity index (χ2v) is 4.00. The molecule has 2 rings (SSSR count). The van der Waals surface area contributed by atoms with Gasteiger partial charge in [-0.3, -0.25) is 0 Å². The summed E-state index contributed by atoms with van der Waals surface area (Å²) in [5, 5.41) is 20.9. The van der Waals surface area contributed by atoms with Crippen molar-refractivity contribution in [2.75, 3.05) is 5.32 Å². The van der Waals surface area contributed by atoms with Crippen molar-refractivity contribution >= 4 is 28.0 Å². The smallest absolute Gasteiger partial charge is 0.357 e. The summed E-state index contributed by atoms with van der Waals surface area (Å²) in [4.78, 5) is 14.6. The van der Waals surface area contributed by atoms with Crippen LogP contribution in [0.1, 0.15) is 16.1 Å². The summed E-state index contributed by atoms with van der Waals surface area (Å²) in [5.74, 6) is -1.07. The Balaban J connectivity index is 2.23. The second kappa shape index (κ2) is 4.63. The largest absolute Gasteiger partial charge is 0.476 e. The fraction of sp³-hybridized carbons (Fsp3) is 0. The quantitative estimate of drug-likeness (QED) is 0.867. The topological polar surface area (TPSA) is 86.0 Å². The lowest BCUT2D eigenvalue weighted by molar-refractivity contribution is 0.0692. The van der Waals surface area contributed by atoms with Crippen molar-refractivity contribution in [2.45, 2.75) is 0 Å². The average Bonchev–Trinajstić information content (AvgIpc) is 2.78. The molecular formula is C11H7N3O2S. The van der Waals surface area contributed by atoms with E-state index in [-0.39, 0.29) is 5.69 Å². The molecule has 0 bridgehead atoms. The van der Waals surface area contributed by atoms with Gasteiger partial charge in [0, 0.05) is 5.69 Å². The number of benzene rings is 1. The Morgan fingerprint density at radius 2 is 2.12 bits per heavy atom. The third kappa shape index (κ3) is 2.41. The highest BCUT2D eigenvalue weighted by Gasteiger charge is 2.13. The first-order valence-electron chi connectivity index (χ1n) is 4.64. The summed E-state index contributed by atoms with van der Waals surface area (Å²) in [7, 11) is 0. The Hall–Kier alpha value is -2.39. The van der Waals surface area contributed by atoms with E-state index in [0.29, 0.717) is 10.6 Å². The van der Waals surface area contributed by atoms with Gasteiger partial charge in [-0.15, -0.1) is 11.3 Å². The number of nitrogens with zero attached hydrogens (tertiary/aromatic N) is 2. The lowest BCUT2D eigenvalue weighted by Gasteiger charge is -2.03. The number of nitriles is 1. The van der Waals surface area contributed by atoms with Gasteiger partial charge >= 0.3 is 5.97 Å². The molecule has 0 saturated heterocycles. The molecule has 2 aromatic rings. The van der Waals surface area contributed by atoms with Crippen LogP contribution in [0.15, 0.2) is 29.8 Å². The van der Waals surface area contributed by atoms with E-state index < -0.39 is 5.97 Å². The van der Waals surface area contributed by atoms with Crippen molar-refractivity contribution in [3.05, 3.63) is 41.0 Å². The van der Waals surface area contributed by atoms with E-state index in [2.05, 4.69) is 10.3 Å². The summed E-state index contributed by atoms with van der Waals surface area (Å²) in [6.45, 7) is 0. The van der Waals surface area contributed by atoms with Gasteiger partial charge < -0.3 is 10.4 Å². The molecule has 1 heterocycles. The lowest BCUT2D eigenvalue weighted by Crippen LogP contribution is -2.00. The summed E-state index contributed by atoms with van der Waals surface area (Å²) >= 11 is 1.21. The number of aromatic carboxylic acids is 1. The minimum atomic E-state index is -1.07. The first-order valence-corrected chi connectivity index (χ1v) is 5.52. The molecule has 0 atom stereocenters. The third-order valence-electron chi connectivity index (χ3n) is 2.04. The third-order valence-corrected chi connectivity index (χ3v) is 2.78. The maximum atomic E-state index is 10.8. The monoisotopic (exact) mass is 245 g/mol. The number of thiazole rings is 1. The molecule has 5 nitrogen and oxygen atoms in total. The molecule has 0 saturated carbocycles. The summed E-state index contributed by atoms with van der Waals surface area (Å²) < 4.78 is 0. The molecule has 0 amide bonds. The van der Waals surface area contributed by atoms with Crippen LogP contribution in [0.5, 0.6) is 0 Å². The fourth-order valence-electron chi connectivity index (χ4n) is 1.25. The van der Waals surface area contributed by atoms with E-state index in [1.54, 1.807) is 24.3 Å². The van der Waals surface area contributed by atoms with Crippen LogP contribution >= 0.6 is 11.3 Å². The number of rotatable bonds is 3. The van der Waals surface area contributed by atoms with E-state index in [1.807, 2.05) is 6.07 Å². The number of anilines is 2. The molecular weight excluding hydrogens is 238 g/mol. The molecule has 0 aliphatic rings. The van der Waals surface area contributed by atoms with Gasteiger partial charge in [-0.1, -0.05) is 0 Å². The lowest BCUT2D eigenvalue weighted by atomic mass is 10.2. The number of carboxylic acid groups (broad SMARTS) is 1. The van der Waals surface area contributed by atoms with Crippen molar-refractivity contribution in [2.24, 2.45) is 0 Å². The molecule has 0 radical (unpaired) electrons. The van der Waals surface area contributed by atoms with E-state index in [4.69, 9.17) is 10.4 Å². The van der Waals surface area contributed by atoms with E-state index >= 15 is 0 Å². The molecule has 2 N–H and O–H groups in total. The van der Waals surface area contributed by atoms with Gasteiger partial charge in [-0.05, 0) is 24.3 Å². The predicted molar refractivity (Wildman–Crippen MR) is 63.5 cm³/mol. The molecule has 0 spiro atoms. The van der Waals surface area contributed by atoms with Gasteiger partial charge in [0.25, 0.3) is 0 Å². The highest BCUT2D eigenvalue weighted by Crippen LogP contribution is 2.24. The molecule has 0 fully saturated rings. The molecule has 84 valence electrons. The molecule has 0 unspecified atom stereocenters. The summed E-state index contributed by atoms with van der Waals surface area (Å²) in [5.41, 5.74) is 2.74. The van der Waals surface area contributed by atoms with Crippen molar-refractivity contribution in [3.63, 3.8) is 0 Å². The number of carbonyl (C=O) groups is 1. The fourth-order valence-corrected chi connectivity index (χ4v) is 1.94. The molecule has 0 aliphatic carbocycles. The van der Waals surface area contributed by atoms with Crippen molar-refractivity contribution in [1.82, 2.24) is 4.98 Å². The van der Waals surface area contributed by atoms with Crippen LogP contribution in [-0.2, 0) is 0 Å². The maximum Gasteiger partial charge on any atom is 0.357 e. The van der Waals surface area contributed by atoms with Crippen LogP contribution in [0, 0.1) is 11.3 Å². The van der Waals surface area contributed by atoms with Crippen molar-refractivity contribution in [1.29, 1.82) is 5.26 Å².